The number of nitrogens with one attached hydrogen (secondary N) is 3. The molecule has 0 bridgehead atoms. The lowest BCUT2D eigenvalue weighted by Crippen LogP contribution is -2.19. The van der Waals surface area contributed by atoms with Gasteiger partial charge in [-0.05, 0) is 30.0 Å². The fraction of sp³-hybridized carbons (Fsp3) is 0.167. The fourth-order valence-electron chi connectivity index (χ4n) is 2.55. The summed E-state index contributed by atoms with van der Waals surface area (Å²) < 4.78 is 1.05. The Balaban J connectivity index is 1.30. The smallest absolute Gasteiger partial charge is 0.325 e. The highest BCUT2D eigenvalue weighted by atomic mass is 32.1. The van der Waals surface area contributed by atoms with E-state index in [1.165, 1.54) is 11.3 Å². The first-order chi connectivity index (χ1) is 13.7. The Morgan fingerprint density at radius 2 is 2.07 bits per heavy atom. The molecule has 0 saturated carbocycles. The van der Waals surface area contributed by atoms with E-state index in [4.69, 9.17) is 0 Å². The van der Waals surface area contributed by atoms with Crippen LogP contribution in [-0.2, 0) is 6.42 Å². The summed E-state index contributed by atoms with van der Waals surface area (Å²) in [5.74, 6) is 0.842. The Bertz CT molecular complexity index is 1110. The SMILES string of the molecule is Cc1ccncc1NC(=O)Nc1ncc(CCNc2ncnc3ccsc23)s1. The van der Waals surface area contributed by atoms with E-state index in [2.05, 4.69) is 35.9 Å². The predicted molar refractivity (Wildman–Crippen MR) is 113 cm³/mol. The predicted octanol–water partition coefficient (Wildman–Crippen LogP) is 4.15. The number of thiazole rings is 1. The topological polar surface area (TPSA) is 105 Å². The van der Waals surface area contributed by atoms with E-state index in [0.717, 1.165) is 32.9 Å². The molecule has 0 atom stereocenters. The number of urea groups is 1. The Morgan fingerprint density at radius 3 is 2.96 bits per heavy atom. The van der Waals surface area contributed by atoms with Crippen molar-refractivity contribution in [3.8, 4) is 0 Å². The van der Waals surface area contributed by atoms with E-state index in [9.17, 15) is 4.79 Å². The first-order valence-corrected chi connectivity index (χ1v) is 10.2. The van der Waals surface area contributed by atoms with Gasteiger partial charge in [0.15, 0.2) is 5.13 Å². The maximum absolute atomic E-state index is 12.1. The highest BCUT2D eigenvalue weighted by molar-refractivity contribution is 7.17. The number of fused-ring (bicyclic) bond motifs is 1. The van der Waals surface area contributed by atoms with Crippen LogP contribution in [0.4, 0.5) is 21.4 Å². The fourth-order valence-corrected chi connectivity index (χ4v) is 4.16. The molecule has 8 nitrogen and oxygen atoms in total. The molecule has 0 aromatic carbocycles. The number of nitrogens with zero attached hydrogens (tertiary/aromatic N) is 4. The van der Waals surface area contributed by atoms with Crippen molar-refractivity contribution in [1.82, 2.24) is 19.9 Å². The van der Waals surface area contributed by atoms with Crippen molar-refractivity contribution in [3.63, 3.8) is 0 Å². The summed E-state index contributed by atoms with van der Waals surface area (Å²) in [7, 11) is 0. The van der Waals surface area contributed by atoms with E-state index in [-0.39, 0.29) is 6.03 Å². The van der Waals surface area contributed by atoms with Crippen molar-refractivity contribution in [2.24, 2.45) is 0 Å². The van der Waals surface area contributed by atoms with Crippen LogP contribution in [0, 0.1) is 6.92 Å². The van der Waals surface area contributed by atoms with E-state index < -0.39 is 0 Å². The zero-order chi connectivity index (χ0) is 19.3. The van der Waals surface area contributed by atoms with Crippen LogP contribution in [0.2, 0.25) is 0 Å². The summed E-state index contributed by atoms with van der Waals surface area (Å²) in [6, 6.07) is 3.48. The minimum absolute atomic E-state index is 0.337. The molecule has 4 aromatic heterocycles. The van der Waals surface area contributed by atoms with Gasteiger partial charge in [-0.3, -0.25) is 10.3 Å². The van der Waals surface area contributed by atoms with Crippen LogP contribution in [0.5, 0.6) is 0 Å². The number of amides is 2. The highest BCUT2D eigenvalue weighted by Crippen LogP contribution is 2.25. The highest BCUT2D eigenvalue weighted by Gasteiger charge is 2.09. The summed E-state index contributed by atoms with van der Waals surface area (Å²) in [4.78, 5) is 30.0. The Hall–Kier alpha value is -3.11. The third-order valence-electron chi connectivity index (χ3n) is 3.97. The molecule has 2 amide bonds. The zero-order valence-corrected chi connectivity index (χ0v) is 16.6. The molecule has 0 fully saturated rings. The quantitative estimate of drug-likeness (QED) is 0.440. The van der Waals surface area contributed by atoms with E-state index in [1.807, 2.05) is 24.4 Å². The van der Waals surface area contributed by atoms with E-state index in [1.54, 1.807) is 36.3 Å². The van der Waals surface area contributed by atoms with Gasteiger partial charge in [0, 0.05) is 30.2 Å². The lowest BCUT2D eigenvalue weighted by molar-refractivity contribution is 0.262. The van der Waals surface area contributed by atoms with Crippen molar-refractivity contribution in [3.05, 3.63) is 52.9 Å². The molecule has 4 heterocycles. The van der Waals surface area contributed by atoms with Gasteiger partial charge in [-0.1, -0.05) is 0 Å². The zero-order valence-electron chi connectivity index (χ0n) is 15.0. The van der Waals surface area contributed by atoms with E-state index in [0.29, 0.717) is 17.4 Å². The Labute approximate surface area is 169 Å². The molecule has 3 N–H and O–H groups in total. The number of aromatic nitrogens is 4. The molecular formula is C18H17N7OS2. The van der Waals surface area contributed by atoms with Gasteiger partial charge >= 0.3 is 6.03 Å². The van der Waals surface area contributed by atoms with Crippen molar-refractivity contribution in [2.75, 3.05) is 22.5 Å². The van der Waals surface area contributed by atoms with Gasteiger partial charge in [0.05, 0.1) is 22.1 Å². The first kappa shape index (κ1) is 18.3. The second kappa shape index (κ2) is 8.28. The molecule has 0 aliphatic heterocycles. The van der Waals surface area contributed by atoms with E-state index >= 15 is 0 Å². The van der Waals surface area contributed by atoms with Crippen LogP contribution in [0.15, 0.2) is 42.4 Å². The first-order valence-electron chi connectivity index (χ1n) is 8.54. The second-order valence-electron chi connectivity index (χ2n) is 5.94. The number of carbonyl (C=O) groups is 1. The minimum Gasteiger partial charge on any atom is -0.368 e. The number of hydrogen-bond acceptors (Lipinski definition) is 8. The molecule has 0 aliphatic carbocycles. The number of anilines is 3. The van der Waals surface area contributed by atoms with Gasteiger partial charge in [0.1, 0.15) is 12.1 Å². The largest absolute Gasteiger partial charge is 0.368 e. The minimum atomic E-state index is -0.337. The summed E-state index contributed by atoms with van der Waals surface area (Å²) in [5.41, 5.74) is 2.56. The number of rotatable bonds is 6. The van der Waals surface area contributed by atoms with Crippen LogP contribution in [0.3, 0.4) is 0 Å². The summed E-state index contributed by atoms with van der Waals surface area (Å²) in [6.45, 7) is 2.63. The van der Waals surface area contributed by atoms with Crippen molar-refractivity contribution in [1.29, 1.82) is 0 Å². The number of carbonyl (C=O) groups excluding carboxylic acids is 1. The average molecular weight is 412 g/mol. The molecule has 4 aromatic rings. The van der Waals surface area contributed by atoms with Crippen molar-refractivity contribution in [2.45, 2.75) is 13.3 Å². The lowest BCUT2D eigenvalue weighted by Gasteiger charge is -2.07. The molecule has 0 unspecified atom stereocenters. The molecule has 142 valence electrons. The second-order valence-corrected chi connectivity index (χ2v) is 7.97. The van der Waals surface area contributed by atoms with Gasteiger partial charge in [0.25, 0.3) is 0 Å². The summed E-state index contributed by atoms with van der Waals surface area (Å²) >= 11 is 3.06. The van der Waals surface area contributed by atoms with Crippen molar-refractivity contribution < 1.29 is 4.79 Å². The maximum atomic E-state index is 12.1. The Kier molecular flexibility index (Phi) is 5.40. The molecule has 0 spiro atoms. The van der Waals surface area contributed by atoms with Gasteiger partial charge in [-0.15, -0.1) is 22.7 Å². The average Bonchev–Trinajstić information content (AvgIpc) is 3.33. The number of hydrogen-bond donors (Lipinski definition) is 3. The van der Waals surface area contributed by atoms with Crippen LogP contribution >= 0.6 is 22.7 Å². The number of thiophene rings is 1. The third-order valence-corrected chi connectivity index (χ3v) is 5.85. The number of pyridine rings is 1. The van der Waals surface area contributed by atoms with Gasteiger partial charge < -0.3 is 10.6 Å². The summed E-state index contributed by atoms with van der Waals surface area (Å²) in [6.07, 6.45) is 7.42. The van der Waals surface area contributed by atoms with Crippen LogP contribution in [0.25, 0.3) is 10.2 Å². The van der Waals surface area contributed by atoms with Crippen molar-refractivity contribution >= 4 is 55.6 Å². The normalized spacial score (nSPS) is 10.8. The van der Waals surface area contributed by atoms with Gasteiger partial charge in [-0.25, -0.2) is 19.7 Å². The van der Waals surface area contributed by atoms with Gasteiger partial charge in [0.2, 0.25) is 0 Å². The molecular weight excluding hydrogens is 394 g/mol. The molecule has 0 saturated heterocycles. The van der Waals surface area contributed by atoms with Crippen LogP contribution in [0.1, 0.15) is 10.4 Å². The molecule has 28 heavy (non-hydrogen) atoms. The lowest BCUT2D eigenvalue weighted by atomic mass is 10.2. The number of aryl methyl sites for hydroxylation is 1. The molecule has 10 heteroatoms. The molecule has 4 rings (SSSR count). The standard InChI is InChI=1S/C18H17N7OS2/c1-11-2-5-19-9-14(11)24-17(26)25-18-21-8-12(28-18)3-6-20-16-15-13(4-7-27-15)22-10-23-16/h2,4-5,7-10H,3,6H2,1H3,(H,20,22,23)(H2,21,24,25,26). The van der Waals surface area contributed by atoms with Crippen LogP contribution < -0.4 is 16.0 Å². The summed E-state index contributed by atoms with van der Waals surface area (Å²) in [5, 5.41) is 11.4. The third kappa shape index (κ3) is 4.24. The maximum Gasteiger partial charge on any atom is 0.325 e. The Morgan fingerprint density at radius 1 is 1.14 bits per heavy atom. The molecule has 0 aliphatic rings. The van der Waals surface area contributed by atoms with Crippen LogP contribution in [-0.4, -0.2) is 32.5 Å². The monoisotopic (exact) mass is 411 g/mol. The molecule has 0 radical (unpaired) electrons. The van der Waals surface area contributed by atoms with Gasteiger partial charge in [-0.2, -0.15) is 0 Å².